The van der Waals surface area contributed by atoms with Gasteiger partial charge in [-0.3, -0.25) is 0 Å². The van der Waals surface area contributed by atoms with Crippen LogP contribution in [0.25, 0.3) is 0 Å². The number of benzene rings is 1. The molecule has 0 aromatic heterocycles. The van der Waals surface area contributed by atoms with Gasteiger partial charge in [-0.2, -0.15) is 0 Å². The number of rotatable bonds is 9. The molecule has 0 heterocycles. The van der Waals surface area contributed by atoms with E-state index >= 15 is 0 Å². The van der Waals surface area contributed by atoms with Crippen LogP contribution in [0.5, 0.6) is 5.75 Å². The molecule has 20 heavy (non-hydrogen) atoms. The Morgan fingerprint density at radius 1 is 1.20 bits per heavy atom. The Labute approximate surface area is 122 Å². The molecular weight excluding hydrogens is 252 g/mol. The van der Waals surface area contributed by atoms with Crippen LogP contribution in [0.1, 0.15) is 32.8 Å². The Kier molecular flexibility index (Phi) is 7.73. The van der Waals surface area contributed by atoms with E-state index in [2.05, 4.69) is 36.0 Å². The summed E-state index contributed by atoms with van der Waals surface area (Å²) >= 11 is 0. The van der Waals surface area contributed by atoms with Crippen molar-refractivity contribution in [2.45, 2.75) is 33.6 Å². The van der Waals surface area contributed by atoms with E-state index in [1.807, 2.05) is 19.1 Å². The zero-order chi connectivity index (χ0) is 14.8. The fourth-order valence-electron chi connectivity index (χ4n) is 1.96. The Morgan fingerprint density at radius 2 is 1.85 bits per heavy atom. The van der Waals surface area contributed by atoms with Gasteiger partial charge in [-0.1, -0.05) is 31.1 Å². The van der Waals surface area contributed by atoms with E-state index in [4.69, 9.17) is 9.94 Å². The van der Waals surface area contributed by atoms with Crippen LogP contribution in [-0.4, -0.2) is 42.1 Å². The number of oxime groups is 1. The highest BCUT2D eigenvalue weighted by atomic mass is 16.5. The van der Waals surface area contributed by atoms with Crippen LogP contribution in [0, 0.1) is 0 Å². The molecule has 0 atom stereocenters. The van der Waals surface area contributed by atoms with Crippen molar-refractivity contribution in [3.05, 3.63) is 29.8 Å². The van der Waals surface area contributed by atoms with Gasteiger partial charge in [0.25, 0.3) is 0 Å². The largest absolute Gasteiger partial charge is 0.492 e. The summed E-state index contributed by atoms with van der Waals surface area (Å²) in [6, 6.07) is 8.14. The lowest BCUT2D eigenvalue weighted by atomic mass is 10.1. The number of likely N-dealkylation sites (N-methyl/N-ethyl adjacent to an activating group) is 1. The summed E-state index contributed by atoms with van der Waals surface area (Å²) in [6.07, 6.45) is 1.66. The Morgan fingerprint density at radius 3 is 2.40 bits per heavy atom. The highest BCUT2D eigenvalue weighted by molar-refractivity contribution is 5.81. The molecule has 0 saturated heterocycles. The highest BCUT2D eigenvalue weighted by Crippen LogP contribution is 2.13. The minimum absolute atomic E-state index is 0.720. The second kappa shape index (κ2) is 9.37. The van der Waals surface area contributed by atoms with E-state index in [0.29, 0.717) is 0 Å². The van der Waals surface area contributed by atoms with Crippen molar-refractivity contribution < 1.29 is 9.94 Å². The standard InChI is InChI=1S/C16H26N2O2/c1-4-18(5-2)12-13-20-16-10-8-15(9-11-16)7-6-14(3)17-19/h8-11,19H,4-7,12-13H2,1-3H3/b17-14+. The zero-order valence-corrected chi connectivity index (χ0v) is 12.8. The second-order valence-electron chi connectivity index (χ2n) is 4.85. The summed E-state index contributed by atoms with van der Waals surface area (Å²) in [4.78, 5) is 2.34. The summed E-state index contributed by atoms with van der Waals surface area (Å²) in [5.74, 6) is 0.911. The molecular formula is C16H26N2O2. The maximum absolute atomic E-state index is 8.60. The van der Waals surface area contributed by atoms with Crippen LogP contribution >= 0.6 is 0 Å². The van der Waals surface area contributed by atoms with E-state index in [9.17, 15) is 0 Å². The predicted molar refractivity (Wildman–Crippen MR) is 82.9 cm³/mol. The van der Waals surface area contributed by atoms with Gasteiger partial charge in [-0.25, -0.2) is 0 Å². The maximum atomic E-state index is 8.60. The molecule has 0 saturated carbocycles. The molecule has 1 aromatic rings. The van der Waals surface area contributed by atoms with Gasteiger partial charge in [0.2, 0.25) is 0 Å². The van der Waals surface area contributed by atoms with Gasteiger partial charge < -0.3 is 14.8 Å². The molecule has 1 N–H and O–H groups in total. The third kappa shape index (κ3) is 6.06. The molecule has 0 bridgehead atoms. The normalized spacial score (nSPS) is 11.9. The van der Waals surface area contributed by atoms with Crippen molar-refractivity contribution in [2.24, 2.45) is 5.16 Å². The molecule has 0 spiro atoms. The van der Waals surface area contributed by atoms with Crippen molar-refractivity contribution in [2.75, 3.05) is 26.2 Å². The van der Waals surface area contributed by atoms with Crippen LogP contribution < -0.4 is 4.74 Å². The smallest absolute Gasteiger partial charge is 0.119 e. The molecule has 0 aliphatic carbocycles. The minimum atomic E-state index is 0.720. The molecule has 0 radical (unpaired) electrons. The lowest BCUT2D eigenvalue weighted by molar-refractivity contribution is 0.223. The molecule has 4 nitrogen and oxygen atoms in total. The number of nitrogens with zero attached hydrogens (tertiary/aromatic N) is 2. The topological polar surface area (TPSA) is 45.1 Å². The average Bonchev–Trinajstić information content (AvgIpc) is 2.50. The molecule has 0 amide bonds. The summed E-state index contributed by atoms with van der Waals surface area (Å²) in [6.45, 7) is 9.95. The third-order valence-electron chi connectivity index (χ3n) is 3.44. The predicted octanol–water partition coefficient (Wildman–Crippen LogP) is 3.19. The quantitative estimate of drug-likeness (QED) is 0.428. The molecule has 0 aliphatic heterocycles. The number of hydrogen-bond donors (Lipinski definition) is 1. The molecule has 0 aliphatic rings. The average molecular weight is 278 g/mol. The van der Waals surface area contributed by atoms with Gasteiger partial charge in [0.15, 0.2) is 0 Å². The Balaban J connectivity index is 2.35. The fraction of sp³-hybridized carbons (Fsp3) is 0.562. The second-order valence-corrected chi connectivity index (χ2v) is 4.85. The number of ether oxygens (including phenoxy) is 1. The number of aryl methyl sites for hydroxylation is 1. The van der Waals surface area contributed by atoms with Gasteiger partial charge >= 0.3 is 0 Å². The summed E-state index contributed by atoms with van der Waals surface area (Å²) in [7, 11) is 0. The van der Waals surface area contributed by atoms with Crippen LogP contribution in [-0.2, 0) is 6.42 Å². The molecule has 0 unspecified atom stereocenters. The van der Waals surface area contributed by atoms with E-state index < -0.39 is 0 Å². The summed E-state index contributed by atoms with van der Waals surface area (Å²) < 4.78 is 5.74. The SMILES string of the molecule is CCN(CC)CCOc1ccc(CC/C(C)=N/O)cc1. The Hall–Kier alpha value is -1.55. The molecule has 0 fully saturated rings. The first-order valence-corrected chi connectivity index (χ1v) is 7.31. The summed E-state index contributed by atoms with van der Waals surface area (Å²) in [5.41, 5.74) is 1.98. The van der Waals surface area contributed by atoms with Crippen LogP contribution in [0.2, 0.25) is 0 Å². The van der Waals surface area contributed by atoms with Crippen molar-refractivity contribution in [3.63, 3.8) is 0 Å². The summed E-state index contributed by atoms with van der Waals surface area (Å²) in [5, 5.41) is 11.8. The van der Waals surface area contributed by atoms with Gasteiger partial charge in [0.1, 0.15) is 12.4 Å². The van der Waals surface area contributed by atoms with E-state index in [1.54, 1.807) is 0 Å². The first-order valence-electron chi connectivity index (χ1n) is 7.31. The first kappa shape index (κ1) is 16.5. The van der Waals surface area contributed by atoms with Gasteiger partial charge in [0, 0.05) is 6.54 Å². The number of hydrogen-bond acceptors (Lipinski definition) is 4. The maximum Gasteiger partial charge on any atom is 0.119 e. The minimum Gasteiger partial charge on any atom is -0.492 e. The van der Waals surface area contributed by atoms with Gasteiger partial charge in [0.05, 0.1) is 5.71 Å². The molecule has 1 aromatic carbocycles. The van der Waals surface area contributed by atoms with Crippen molar-refractivity contribution in [1.29, 1.82) is 0 Å². The highest BCUT2D eigenvalue weighted by Gasteiger charge is 2.00. The Bertz CT molecular complexity index is 397. The third-order valence-corrected chi connectivity index (χ3v) is 3.44. The monoisotopic (exact) mass is 278 g/mol. The van der Waals surface area contributed by atoms with Crippen LogP contribution in [0.3, 0.4) is 0 Å². The van der Waals surface area contributed by atoms with Crippen LogP contribution in [0.15, 0.2) is 29.4 Å². The van der Waals surface area contributed by atoms with E-state index in [1.165, 1.54) is 5.56 Å². The van der Waals surface area contributed by atoms with Crippen LogP contribution in [0.4, 0.5) is 0 Å². The first-order chi connectivity index (χ1) is 9.69. The fourth-order valence-corrected chi connectivity index (χ4v) is 1.96. The van der Waals surface area contributed by atoms with E-state index in [-0.39, 0.29) is 0 Å². The lowest BCUT2D eigenvalue weighted by Crippen LogP contribution is -2.27. The van der Waals surface area contributed by atoms with Gasteiger partial charge in [-0.15, -0.1) is 0 Å². The van der Waals surface area contributed by atoms with E-state index in [0.717, 1.165) is 50.5 Å². The lowest BCUT2D eigenvalue weighted by Gasteiger charge is -2.18. The zero-order valence-electron chi connectivity index (χ0n) is 12.8. The molecule has 4 heteroatoms. The molecule has 1 rings (SSSR count). The van der Waals surface area contributed by atoms with Crippen molar-refractivity contribution in [1.82, 2.24) is 4.90 Å². The molecule has 112 valence electrons. The van der Waals surface area contributed by atoms with Crippen molar-refractivity contribution >= 4 is 5.71 Å². The van der Waals surface area contributed by atoms with Crippen molar-refractivity contribution in [3.8, 4) is 5.75 Å². The van der Waals surface area contributed by atoms with Gasteiger partial charge in [-0.05, 0) is 50.6 Å².